The van der Waals surface area contributed by atoms with Gasteiger partial charge in [-0.3, -0.25) is 9.59 Å². The Kier molecular flexibility index (Phi) is 5.42. The summed E-state index contributed by atoms with van der Waals surface area (Å²) in [5, 5.41) is 0. The van der Waals surface area contributed by atoms with Gasteiger partial charge in [-0.05, 0) is 19.4 Å². The molecule has 0 unspecified atom stereocenters. The third-order valence-electron chi connectivity index (χ3n) is 2.13. The summed E-state index contributed by atoms with van der Waals surface area (Å²) in [7, 11) is 0. The van der Waals surface area contributed by atoms with Gasteiger partial charge in [-0.2, -0.15) is 0 Å². The predicted molar refractivity (Wildman–Crippen MR) is 62.9 cm³/mol. The molecule has 0 aromatic carbocycles. The number of esters is 1. The Morgan fingerprint density at radius 1 is 1.35 bits per heavy atom. The van der Waals surface area contributed by atoms with Crippen LogP contribution in [0.25, 0.3) is 0 Å². The second-order valence-electron chi connectivity index (χ2n) is 3.59. The standard InChI is InChI=1S/C12H17NO4/c1-3-16-6-7-17-12(15)9-13-8-10(2)4-5-11(13)14/h4-5,8H,3,6-7,9H2,1-2H3. The first-order chi connectivity index (χ1) is 8.13. The molecule has 94 valence electrons. The highest BCUT2D eigenvalue weighted by Gasteiger charge is 2.05. The van der Waals surface area contributed by atoms with Crippen molar-refractivity contribution in [3.8, 4) is 0 Å². The molecule has 0 bridgehead atoms. The zero-order chi connectivity index (χ0) is 12.7. The molecule has 0 aliphatic heterocycles. The van der Waals surface area contributed by atoms with Crippen LogP contribution in [0.4, 0.5) is 0 Å². The van der Waals surface area contributed by atoms with Crippen LogP contribution in [0, 0.1) is 6.92 Å². The van der Waals surface area contributed by atoms with Gasteiger partial charge in [0, 0.05) is 18.9 Å². The molecule has 0 radical (unpaired) electrons. The minimum absolute atomic E-state index is 0.0629. The Hall–Kier alpha value is -1.62. The number of hydrogen-bond donors (Lipinski definition) is 0. The Balaban J connectivity index is 2.45. The van der Waals surface area contributed by atoms with Crippen LogP contribution in [0.1, 0.15) is 12.5 Å². The van der Waals surface area contributed by atoms with Gasteiger partial charge < -0.3 is 14.0 Å². The van der Waals surface area contributed by atoms with Gasteiger partial charge >= 0.3 is 5.97 Å². The molecule has 1 rings (SSSR count). The first-order valence-electron chi connectivity index (χ1n) is 5.54. The summed E-state index contributed by atoms with van der Waals surface area (Å²) >= 11 is 0. The van der Waals surface area contributed by atoms with Crippen molar-refractivity contribution in [3.05, 3.63) is 34.2 Å². The van der Waals surface area contributed by atoms with E-state index >= 15 is 0 Å². The van der Waals surface area contributed by atoms with Crippen molar-refractivity contribution in [1.82, 2.24) is 4.57 Å². The number of hydrogen-bond acceptors (Lipinski definition) is 4. The highest BCUT2D eigenvalue weighted by molar-refractivity contribution is 5.69. The van der Waals surface area contributed by atoms with E-state index in [1.807, 2.05) is 13.8 Å². The van der Waals surface area contributed by atoms with Crippen LogP contribution >= 0.6 is 0 Å². The number of pyridine rings is 1. The Morgan fingerprint density at radius 3 is 2.82 bits per heavy atom. The van der Waals surface area contributed by atoms with Crippen molar-refractivity contribution in [2.45, 2.75) is 20.4 Å². The average molecular weight is 239 g/mol. The summed E-state index contributed by atoms with van der Waals surface area (Å²) in [5.74, 6) is -0.433. The summed E-state index contributed by atoms with van der Waals surface area (Å²) < 4.78 is 11.3. The molecular formula is C12H17NO4. The lowest BCUT2D eigenvalue weighted by molar-refractivity contribution is -0.145. The Labute approximate surface area is 100.0 Å². The summed E-state index contributed by atoms with van der Waals surface area (Å²) in [6, 6.07) is 3.14. The lowest BCUT2D eigenvalue weighted by atomic mass is 10.3. The van der Waals surface area contributed by atoms with Crippen LogP contribution in [-0.2, 0) is 20.8 Å². The van der Waals surface area contributed by atoms with E-state index in [0.717, 1.165) is 5.56 Å². The average Bonchev–Trinajstić information content (AvgIpc) is 2.29. The van der Waals surface area contributed by atoms with Crippen molar-refractivity contribution in [2.24, 2.45) is 0 Å². The lowest BCUT2D eigenvalue weighted by Crippen LogP contribution is -2.25. The summed E-state index contributed by atoms with van der Waals surface area (Å²) in [6.07, 6.45) is 1.63. The molecule has 0 N–H and O–H groups in total. The molecule has 0 aliphatic carbocycles. The Morgan fingerprint density at radius 2 is 2.12 bits per heavy atom. The van der Waals surface area contributed by atoms with Crippen LogP contribution in [0.5, 0.6) is 0 Å². The molecule has 0 atom stereocenters. The second-order valence-corrected chi connectivity index (χ2v) is 3.59. The van der Waals surface area contributed by atoms with Crippen LogP contribution < -0.4 is 5.56 Å². The van der Waals surface area contributed by atoms with Crippen molar-refractivity contribution in [1.29, 1.82) is 0 Å². The first kappa shape index (κ1) is 13.4. The molecule has 5 heteroatoms. The van der Waals surface area contributed by atoms with E-state index in [1.54, 1.807) is 12.3 Å². The van der Waals surface area contributed by atoms with E-state index < -0.39 is 5.97 Å². The fourth-order valence-electron chi connectivity index (χ4n) is 1.32. The number of carbonyl (C=O) groups excluding carboxylic acids is 1. The fourth-order valence-corrected chi connectivity index (χ4v) is 1.32. The molecule has 0 amide bonds. The van der Waals surface area contributed by atoms with E-state index in [0.29, 0.717) is 13.2 Å². The molecule has 0 aliphatic rings. The van der Waals surface area contributed by atoms with Crippen LogP contribution in [0.3, 0.4) is 0 Å². The van der Waals surface area contributed by atoms with Crippen LogP contribution in [0.15, 0.2) is 23.1 Å². The molecule has 0 saturated heterocycles. The Bertz CT molecular complexity index is 425. The monoisotopic (exact) mass is 239 g/mol. The zero-order valence-corrected chi connectivity index (χ0v) is 10.1. The zero-order valence-electron chi connectivity index (χ0n) is 10.1. The minimum atomic E-state index is -0.433. The predicted octanol–water partition coefficient (Wildman–Crippen LogP) is 0.736. The smallest absolute Gasteiger partial charge is 0.326 e. The normalized spacial score (nSPS) is 10.2. The maximum atomic E-state index is 11.4. The van der Waals surface area contributed by atoms with Crippen LogP contribution in [0.2, 0.25) is 0 Å². The largest absolute Gasteiger partial charge is 0.462 e. The van der Waals surface area contributed by atoms with Gasteiger partial charge in [-0.15, -0.1) is 0 Å². The molecule has 1 heterocycles. The molecule has 0 fully saturated rings. The van der Waals surface area contributed by atoms with Gasteiger partial charge in [0.1, 0.15) is 13.2 Å². The fraction of sp³-hybridized carbons (Fsp3) is 0.500. The molecule has 1 aromatic heterocycles. The first-order valence-corrected chi connectivity index (χ1v) is 5.54. The van der Waals surface area contributed by atoms with Crippen molar-refractivity contribution in [2.75, 3.05) is 19.8 Å². The number of aromatic nitrogens is 1. The van der Waals surface area contributed by atoms with Gasteiger partial charge in [-0.1, -0.05) is 6.07 Å². The summed E-state index contributed by atoms with van der Waals surface area (Å²) in [6.45, 7) is 4.85. The maximum absolute atomic E-state index is 11.4. The van der Waals surface area contributed by atoms with Gasteiger partial charge in [0.05, 0.1) is 6.61 Å². The lowest BCUT2D eigenvalue weighted by Gasteiger charge is -2.07. The van der Waals surface area contributed by atoms with E-state index in [-0.39, 0.29) is 18.7 Å². The van der Waals surface area contributed by atoms with E-state index in [4.69, 9.17) is 9.47 Å². The highest BCUT2D eigenvalue weighted by Crippen LogP contribution is 1.93. The highest BCUT2D eigenvalue weighted by atomic mass is 16.6. The van der Waals surface area contributed by atoms with Gasteiger partial charge in [0.25, 0.3) is 5.56 Å². The van der Waals surface area contributed by atoms with Crippen molar-refractivity contribution < 1.29 is 14.3 Å². The number of ether oxygens (including phenoxy) is 2. The summed E-state index contributed by atoms with van der Waals surface area (Å²) in [5.41, 5.74) is 0.712. The maximum Gasteiger partial charge on any atom is 0.326 e. The third-order valence-corrected chi connectivity index (χ3v) is 2.13. The molecule has 0 spiro atoms. The third kappa shape index (κ3) is 4.82. The molecule has 5 nitrogen and oxygen atoms in total. The van der Waals surface area contributed by atoms with Gasteiger partial charge in [-0.25, -0.2) is 0 Å². The van der Waals surface area contributed by atoms with Crippen molar-refractivity contribution >= 4 is 5.97 Å². The molecule has 17 heavy (non-hydrogen) atoms. The molecule has 0 saturated carbocycles. The van der Waals surface area contributed by atoms with Crippen LogP contribution in [-0.4, -0.2) is 30.4 Å². The van der Waals surface area contributed by atoms with Gasteiger partial charge in [0.2, 0.25) is 0 Å². The molecular weight excluding hydrogens is 222 g/mol. The van der Waals surface area contributed by atoms with Gasteiger partial charge in [0.15, 0.2) is 0 Å². The number of rotatable bonds is 6. The number of nitrogens with zero attached hydrogens (tertiary/aromatic N) is 1. The second kappa shape index (κ2) is 6.85. The topological polar surface area (TPSA) is 57.5 Å². The van der Waals surface area contributed by atoms with E-state index in [1.165, 1.54) is 10.6 Å². The van der Waals surface area contributed by atoms with E-state index in [2.05, 4.69) is 0 Å². The summed E-state index contributed by atoms with van der Waals surface area (Å²) in [4.78, 5) is 22.8. The number of carbonyl (C=O) groups is 1. The number of aryl methyl sites for hydroxylation is 1. The van der Waals surface area contributed by atoms with E-state index in [9.17, 15) is 9.59 Å². The minimum Gasteiger partial charge on any atom is -0.462 e. The molecule has 1 aromatic rings. The SMILES string of the molecule is CCOCCOC(=O)Cn1cc(C)ccc1=O. The van der Waals surface area contributed by atoms with Crippen molar-refractivity contribution in [3.63, 3.8) is 0 Å². The quantitative estimate of drug-likeness (QED) is 0.542.